The fourth-order valence-corrected chi connectivity index (χ4v) is 3.77. The van der Waals surface area contributed by atoms with Gasteiger partial charge in [0.05, 0.1) is 6.54 Å². The average Bonchev–Trinajstić information content (AvgIpc) is 2.82. The summed E-state index contributed by atoms with van der Waals surface area (Å²) in [4.78, 5) is 38.7. The molecule has 3 aromatic carbocycles. The van der Waals surface area contributed by atoms with Crippen LogP contribution < -0.4 is 16.2 Å². The molecule has 0 aliphatic rings. The number of hydrogen-bond donors (Lipinski definition) is 2. The second-order valence-electron chi connectivity index (χ2n) is 8.10. The van der Waals surface area contributed by atoms with Gasteiger partial charge in [0, 0.05) is 23.1 Å². The minimum Gasteiger partial charge on any atom is -0.322 e. The Balaban J connectivity index is 1.54. The number of hydrogen-bond acceptors (Lipinski definition) is 3. The van der Waals surface area contributed by atoms with Crippen molar-refractivity contribution >= 4 is 23.2 Å². The molecule has 0 spiro atoms. The Morgan fingerprint density at radius 2 is 1.47 bits per heavy atom. The minimum atomic E-state index is -0.521. The molecule has 4 rings (SSSR count). The number of anilines is 2. The molecule has 34 heavy (non-hydrogen) atoms. The molecule has 2 amide bonds. The van der Waals surface area contributed by atoms with Gasteiger partial charge in [0.15, 0.2) is 0 Å². The molecule has 0 fully saturated rings. The van der Waals surface area contributed by atoms with Crippen LogP contribution in [0.15, 0.2) is 95.9 Å². The number of amides is 2. The maximum Gasteiger partial charge on any atom is 0.263 e. The maximum atomic E-state index is 13.0. The van der Waals surface area contributed by atoms with Crippen molar-refractivity contribution in [2.75, 3.05) is 10.6 Å². The molecule has 6 nitrogen and oxygen atoms in total. The summed E-state index contributed by atoms with van der Waals surface area (Å²) in [6.45, 7) is 4.12. The first-order chi connectivity index (χ1) is 16.4. The van der Waals surface area contributed by atoms with E-state index in [-0.39, 0.29) is 17.0 Å². The smallest absolute Gasteiger partial charge is 0.263 e. The van der Waals surface area contributed by atoms with Crippen LogP contribution in [0.5, 0.6) is 0 Å². The molecule has 0 aliphatic heterocycles. The van der Waals surface area contributed by atoms with Crippen molar-refractivity contribution in [1.82, 2.24) is 4.57 Å². The molecule has 2 N–H and O–H groups in total. The second-order valence-corrected chi connectivity index (χ2v) is 8.10. The maximum absolute atomic E-state index is 13.0. The Kier molecular flexibility index (Phi) is 6.69. The number of aromatic nitrogens is 1. The van der Waals surface area contributed by atoms with Crippen molar-refractivity contribution in [3.63, 3.8) is 0 Å². The number of benzene rings is 3. The lowest BCUT2D eigenvalue weighted by atomic mass is 10.1. The van der Waals surface area contributed by atoms with Crippen LogP contribution in [-0.2, 0) is 6.54 Å². The second kappa shape index (κ2) is 10.0. The third kappa shape index (κ3) is 5.13. The first-order valence-corrected chi connectivity index (χ1v) is 10.9. The number of pyridine rings is 1. The van der Waals surface area contributed by atoms with Crippen molar-refractivity contribution in [1.29, 1.82) is 0 Å². The molecule has 0 saturated carbocycles. The molecular weight excluding hydrogens is 426 g/mol. The highest BCUT2D eigenvalue weighted by molar-refractivity contribution is 6.08. The summed E-state index contributed by atoms with van der Waals surface area (Å²) in [7, 11) is 0. The fraction of sp³-hybridized carbons (Fsp3) is 0.107. The lowest BCUT2D eigenvalue weighted by Gasteiger charge is -2.13. The van der Waals surface area contributed by atoms with Gasteiger partial charge in [-0.1, -0.05) is 54.1 Å². The SMILES string of the molecule is Cc1cccc(Cn2cccc(C(=O)Nc3cccc(C(=O)Nc4ccccc4)c3C)c2=O)c1. The van der Waals surface area contributed by atoms with Gasteiger partial charge >= 0.3 is 0 Å². The number of carbonyl (C=O) groups excluding carboxylic acids is 2. The standard InChI is InChI=1S/C28H25N3O3/c1-19-9-6-10-21(17-19)18-31-16-8-14-24(28(31)34)27(33)30-25-15-7-13-23(20(25)2)26(32)29-22-11-4-3-5-12-22/h3-17H,18H2,1-2H3,(H,29,32)(H,30,33). The fourth-order valence-electron chi connectivity index (χ4n) is 3.77. The molecule has 170 valence electrons. The quantitative estimate of drug-likeness (QED) is 0.432. The van der Waals surface area contributed by atoms with Gasteiger partial charge in [-0.2, -0.15) is 0 Å². The Labute approximate surface area is 197 Å². The highest BCUT2D eigenvalue weighted by Gasteiger charge is 2.17. The topological polar surface area (TPSA) is 80.2 Å². The van der Waals surface area contributed by atoms with Crippen LogP contribution in [-0.4, -0.2) is 16.4 Å². The third-order valence-corrected chi connectivity index (χ3v) is 5.56. The average molecular weight is 452 g/mol. The lowest BCUT2D eigenvalue weighted by molar-refractivity contribution is 0.101. The van der Waals surface area contributed by atoms with Crippen molar-refractivity contribution < 1.29 is 9.59 Å². The third-order valence-electron chi connectivity index (χ3n) is 5.56. The number of carbonyl (C=O) groups is 2. The Hall–Kier alpha value is -4.45. The highest BCUT2D eigenvalue weighted by atomic mass is 16.2. The molecule has 0 bridgehead atoms. The van der Waals surface area contributed by atoms with Crippen molar-refractivity contribution in [3.05, 3.63) is 129 Å². The van der Waals surface area contributed by atoms with Gasteiger partial charge in [-0.3, -0.25) is 14.4 Å². The number of para-hydroxylation sites is 1. The summed E-state index contributed by atoms with van der Waals surface area (Å²) in [6, 6.07) is 25.3. The normalized spacial score (nSPS) is 10.5. The largest absolute Gasteiger partial charge is 0.322 e. The van der Waals surface area contributed by atoms with Crippen LogP contribution in [0, 0.1) is 13.8 Å². The van der Waals surface area contributed by atoms with Crippen LogP contribution in [0.25, 0.3) is 0 Å². The zero-order valence-corrected chi connectivity index (χ0v) is 19.0. The summed E-state index contributed by atoms with van der Waals surface area (Å²) in [5, 5.41) is 5.64. The summed E-state index contributed by atoms with van der Waals surface area (Å²) < 4.78 is 1.51. The summed E-state index contributed by atoms with van der Waals surface area (Å²) in [5.74, 6) is -0.799. The van der Waals surface area contributed by atoms with E-state index >= 15 is 0 Å². The molecule has 4 aromatic rings. The van der Waals surface area contributed by atoms with E-state index in [4.69, 9.17) is 0 Å². The molecule has 0 radical (unpaired) electrons. The minimum absolute atomic E-state index is 0.0358. The molecule has 0 unspecified atom stereocenters. The van der Waals surface area contributed by atoms with E-state index in [0.717, 1.165) is 11.1 Å². The van der Waals surface area contributed by atoms with E-state index < -0.39 is 5.91 Å². The Bertz CT molecular complexity index is 1410. The van der Waals surface area contributed by atoms with E-state index in [1.807, 2.05) is 49.4 Å². The van der Waals surface area contributed by atoms with E-state index in [2.05, 4.69) is 10.6 Å². The van der Waals surface area contributed by atoms with Crippen LogP contribution >= 0.6 is 0 Å². The molecule has 0 atom stereocenters. The van der Waals surface area contributed by atoms with E-state index in [1.165, 1.54) is 10.6 Å². The van der Waals surface area contributed by atoms with Gasteiger partial charge in [0.25, 0.3) is 17.4 Å². The number of rotatable bonds is 6. The number of nitrogens with one attached hydrogen (secondary N) is 2. The van der Waals surface area contributed by atoms with Gasteiger partial charge in [0.2, 0.25) is 0 Å². The molecule has 1 heterocycles. The van der Waals surface area contributed by atoms with Gasteiger partial charge in [0.1, 0.15) is 5.56 Å². The van der Waals surface area contributed by atoms with Crippen molar-refractivity contribution in [2.24, 2.45) is 0 Å². The number of nitrogens with zero attached hydrogens (tertiary/aromatic N) is 1. The van der Waals surface area contributed by atoms with Crippen LogP contribution in [0.2, 0.25) is 0 Å². The predicted octanol–water partition coefficient (Wildman–Crippen LogP) is 5.02. The first kappa shape index (κ1) is 22.7. The van der Waals surface area contributed by atoms with E-state index in [1.54, 1.807) is 49.5 Å². The summed E-state index contributed by atoms with van der Waals surface area (Å²) in [5.41, 5.74) is 3.94. The zero-order chi connectivity index (χ0) is 24.1. The van der Waals surface area contributed by atoms with Gasteiger partial charge < -0.3 is 15.2 Å². The molecule has 6 heteroatoms. The zero-order valence-electron chi connectivity index (χ0n) is 19.0. The Morgan fingerprint density at radius 3 is 2.24 bits per heavy atom. The van der Waals surface area contributed by atoms with Gasteiger partial charge in [-0.25, -0.2) is 0 Å². The molecular formula is C28H25N3O3. The van der Waals surface area contributed by atoms with Crippen molar-refractivity contribution in [2.45, 2.75) is 20.4 Å². The van der Waals surface area contributed by atoms with Gasteiger partial charge in [-0.15, -0.1) is 0 Å². The van der Waals surface area contributed by atoms with E-state index in [0.29, 0.717) is 29.0 Å². The van der Waals surface area contributed by atoms with E-state index in [9.17, 15) is 14.4 Å². The lowest BCUT2D eigenvalue weighted by Crippen LogP contribution is -2.29. The Morgan fingerprint density at radius 1 is 0.765 bits per heavy atom. The molecule has 0 saturated heterocycles. The summed E-state index contributed by atoms with van der Waals surface area (Å²) in [6.07, 6.45) is 1.67. The first-order valence-electron chi connectivity index (χ1n) is 10.9. The van der Waals surface area contributed by atoms with Crippen LogP contribution in [0.3, 0.4) is 0 Å². The predicted molar refractivity (Wildman–Crippen MR) is 135 cm³/mol. The van der Waals surface area contributed by atoms with Crippen LogP contribution in [0.4, 0.5) is 11.4 Å². The van der Waals surface area contributed by atoms with Gasteiger partial charge in [-0.05, 0) is 61.4 Å². The highest BCUT2D eigenvalue weighted by Crippen LogP contribution is 2.21. The summed E-state index contributed by atoms with van der Waals surface area (Å²) >= 11 is 0. The molecule has 1 aromatic heterocycles. The molecule has 0 aliphatic carbocycles. The number of aryl methyl sites for hydroxylation is 1. The monoisotopic (exact) mass is 451 g/mol. The van der Waals surface area contributed by atoms with Crippen molar-refractivity contribution in [3.8, 4) is 0 Å². The van der Waals surface area contributed by atoms with Crippen LogP contribution in [0.1, 0.15) is 37.4 Å².